The van der Waals surface area contributed by atoms with Gasteiger partial charge in [0.15, 0.2) is 0 Å². The normalized spacial score (nSPS) is 29.6. The van der Waals surface area contributed by atoms with Gasteiger partial charge in [-0.1, -0.05) is 45.0 Å². The van der Waals surface area contributed by atoms with E-state index in [1.165, 1.54) is 23.8 Å². The second-order valence-corrected chi connectivity index (χ2v) is 12.8. The molecule has 2 aliphatic carbocycles. The zero-order valence-electron chi connectivity index (χ0n) is 20.4. The lowest BCUT2D eigenvalue weighted by Crippen LogP contribution is -2.65. The van der Waals surface area contributed by atoms with Crippen LogP contribution in [0.15, 0.2) is 47.4 Å². The van der Waals surface area contributed by atoms with Crippen LogP contribution in [-0.2, 0) is 26.7 Å². The summed E-state index contributed by atoms with van der Waals surface area (Å²) in [6, 6.07) is 10.6. The number of nitrogens with one attached hydrogen (secondary N) is 1. The van der Waals surface area contributed by atoms with E-state index in [-0.39, 0.29) is 39.3 Å². The molecule has 2 bridgehead atoms. The number of rotatable bonds is 4. The molecule has 0 aromatic heterocycles. The highest BCUT2D eigenvalue weighted by atomic mass is 32.2. The van der Waals surface area contributed by atoms with Gasteiger partial charge >= 0.3 is 0 Å². The summed E-state index contributed by atoms with van der Waals surface area (Å²) in [4.78, 5) is 15.4. The van der Waals surface area contributed by atoms with E-state index >= 15 is 0 Å². The Morgan fingerprint density at radius 3 is 2.60 bits per heavy atom. The average molecular weight is 501 g/mol. The number of fused-ring (bicyclic) bond motifs is 4. The van der Waals surface area contributed by atoms with Crippen LogP contribution in [0, 0.1) is 17.2 Å². The lowest BCUT2D eigenvalue weighted by atomic mass is 9.51. The molecule has 8 heteroatoms. The maximum absolute atomic E-state index is 14.1. The average Bonchev–Trinajstić information content (AvgIpc) is 3.24. The number of carbonyl (C=O) groups is 1. The number of sulfonamides is 1. The van der Waals surface area contributed by atoms with Gasteiger partial charge in [0.2, 0.25) is 15.9 Å². The molecule has 2 N–H and O–H groups in total. The Morgan fingerprint density at radius 2 is 1.86 bits per heavy atom. The quantitative estimate of drug-likeness (QED) is 0.661. The van der Waals surface area contributed by atoms with Gasteiger partial charge in [0, 0.05) is 30.0 Å². The van der Waals surface area contributed by atoms with Crippen LogP contribution in [0.25, 0.3) is 0 Å². The number of nitrogens with zero attached hydrogens (tertiary/aromatic N) is 1. The number of amides is 1. The van der Waals surface area contributed by atoms with Gasteiger partial charge in [0.05, 0.1) is 0 Å². The first-order valence-electron chi connectivity index (χ1n) is 12.3. The molecule has 1 aliphatic heterocycles. The highest BCUT2D eigenvalue weighted by Crippen LogP contribution is 2.57. The number of piperidine rings is 1. The lowest BCUT2D eigenvalue weighted by Gasteiger charge is -2.61. The Hall–Kier alpha value is -2.45. The van der Waals surface area contributed by atoms with Crippen molar-refractivity contribution in [2.45, 2.75) is 75.3 Å². The summed E-state index contributed by atoms with van der Waals surface area (Å²) >= 11 is 0. The minimum absolute atomic E-state index is 0.0521. The fourth-order valence-corrected chi connectivity index (χ4v) is 8.05. The van der Waals surface area contributed by atoms with Gasteiger partial charge in [-0.05, 0) is 66.8 Å². The van der Waals surface area contributed by atoms with Crippen LogP contribution < -0.4 is 4.72 Å². The van der Waals surface area contributed by atoms with Crippen LogP contribution >= 0.6 is 0 Å². The van der Waals surface area contributed by atoms with E-state index in [9.17, 15) is 22.7 Å². The van der Waals surface area contributed by atoms with Crippen molar-refractivity contribution in [1.82, 2.24) is 9.62 Å². The molecule has 0 radical (unpaired) electrons. The summed E-state index contributed by atoms with van der Waals surface area (Å²) in [5.41, 5.74) is 1.76. The molecule has 2 fully saturated rings. The summed E-state index contributed by atoms with van der Waals surface area (Å²) in [6.45, 7) is 7.30. The van der Waals surface area contributed by atoms with Gasteiger partial charge in [0.25, 0.3) is 0 Å². The maximum Gasteiger partial charge on any atom is 0.243 e. The van der Waals surface area contributed by atoms with Gasteiger partial charge in [-0.2, -0.15) is 0 Å². The number of benzene rings is 2. The molecule has 188 valence electrons. The number of hydrogen-bond acceptors (Lipinski definition) is 4. The molecule has 1 amide bonds. The molecule has 1 saturated carbocycles. The fraction of sp³-hybridized carbons (Fsp3) is 0.519. The molecule has 6 nitrogen and oxygen atoms in total. The number of phenolic OH excluding ortho intramolecular Hbond substituents is 1. The van der Waals surface area contributed by atoms with Crippen LogP contribution in [0.2, 0.25) is 0 Å². The van der Waals surface area contributed by atoms with Crippen LogP contribution in [0.5, 0.6) is 5.75 Å². The van der Waals surface area contributed by atoms with Crippen LogP contribution in [0.1, 0.15) is 57.6 Å². The first-order valence-corrected chi connectivity index (χ1v) is 13.8. The van der Waals surface area contributed by atoms with Gasteiger partial charge in [-0.25, -0.2) is 17.5 Å². The molecule has 1 saturated heterocycles. The van der Waals surface area contributed by atoms with E-state index in [0.717, 1.165) is 18.1 Å². The molecule has 5 rings (SSSR count). The van der Waals surface area contributed by atoms with Gasteiger partial charge in [0.1, 0.15) is 16.5 Å². The number of likely N-dealkylation sites (tertiary alicyclic amines) is 1. The van der Waals surface area contributed by atoms with Crippen molar-refractivity contribution in [1.29, 1.82) is 0 Å². The molecule has 2 aromatic carbocycles. The van der Waals surface area contributed by atoms with E-state index < -0.39 is 21.9 Å². The van der Waals surface area contributed by atoms with Crippen molar-refractivity contribution in [2.24, 2.45) is 11.3 Å². The molecule has 0 spiro atoms. The summed E-state index contributed by atoms with van der Waals surface area (Å²) < 4.78 is 42.1. The number of hydrogen-bond donors (Lipinski definition) is 2. The standard InChI is InChI=1S/C27H33FN2O4S/c1-26(2)24-16-19-20(7-6-9-22(19)31)27(26,3)13-14-30(24)25(32)17-11-12-18(15-17)29-35(33,34)23-10-5-4-8-21(23)28/h4-10,17-18,24,29,31H,11-16H2,1-3H3/t17?,18?,24-,27+/m1/s1. The number of halogens is 1. The van der Waals surface area contributed by atoms with Crippen molar-refractivity contribution in [3.8, 4) is 5.75 Å². The van der Waals surface area contributed by atoms with E-state index in [1.807, 2.05) is 11.0 Å². The van der Waals surface area contributed by atoms with Gasteiger partial charge < -0.3 is 10.0 Å². The molecule has 2 unspecified atom stereocenters. The Labute approximate surface area is 206 Å². The minimum atomic E-state index is -4.00. The molecular formula is C27H33FN2O4S. The Kier molecular flexibility index (Phi) is 5.75. The van der Waals surface area contributed by atoms with Crippen LogP contribution in [-0.4, -0.2) is 43.0 Å². The van der Waals surface area contributed by atoms with Gasteiger partial charge in [-0.15, -0.1) is 0 Å². The van der Waals surface area contributed by atoms with E-state index in [2.05, 4.69) is 31.6 Å². The summed E-state index contributed by atoms with van der Waals surface area (Å²) in [6.07, 6.45) is 2.93. The first-order chi connectivity index (χ1) is 16.5. The summed E-state index contributed by atoms with van der Waals surface area (Å²) in [5, 5.41) is 10.6. The Morgan fingerprint density at radius 1 is 1.11 bits per heavy atom. The van der Waals surface area contributed by atoms with Crippen molar-refractivity contribution in [2.75, 3.05) is 6.54 Å². The van der Waals surface area contributed by atoms with Crippen molar-refractivity contribution >= 4 is 15.9 Å². The lowest BCUT2D eigenvalue weighted by molar-refractivity contribution is -0.148. The first kappa shape index (κ1) is 24.3. The molecule has 4 atom stereocenters. The molecule has 35 heavy (non-hydrogen) atoms. The van der Waals surface area contributed by atoms with Gasteiger partial charge in [-0.3, -0.25) is 4.79 Å². The molecule has 3 aliphatic rings. The monoisotopic (exact) mass is 500 g/mol. The Bertz CT molecular complexity index is 1280. The predicted octanol–water partition coefficient (Wildman–Crippen LogP) is 4.12. The second kappa shape index (κ2) is 8.30. The van der Waals surface area contributed by atoms with Crippen molar-refractivity contribution in [3.05, 3.63) is 59.4 Å². The topological polar surface area (TPSA) is 86.7 Å². The SMILES string of the molecule is CC1(C)[C@H]2Cc3c(O)cccc3[C@]1(C)CCN2C(=O)C1CCC(NS(=O)(=O)c2ccccc2F)C1. The third kappa shape index (κ3) is 3.76. The predicted molar refractivity (Wildman–Crippen MR) is 131 cm³/mol. The van der Waals surface area contributed by atoms with E-state index in [4.69, 9.17) is 0 Å². The molecular weight excluding hydrogens is 467 g/mol. The zero-order chi connectivity index (χ0) is 25.2. The number of carbonyl (C=O) groups excluding carboxylic acids is 1. The summed E-state index contributed by atoms with van der Waals surface area (Å²) in [5.74, 6) is -0.733. The number of phenols is 1. The molecule has 2 aromatic rings. The van der Waals surface area contributed by atoms with Crippen LogP contribution in [0.3, 0.4) is 0 Å². The van der Waals surface area contributed by atoms with Crippen molar-refractivity contribution in [3.63, 3.8) is 0 Å². The van der Waals surface area contributed by atoms with E-state index in [1.54, 1.807) is 6.07 Å². The molecule has 1 heterocycles. The van der Waals surface area contributed by atoms with Crippen LogP contribution in [0.4, 0.5) is 4.39 Å². The summed E-state index contributed by atoms with van der Waals surface area (Å²) in [7, 11) is -4.00. The largest absolute Gasteiger partial charge is 0.508 e. The third-order valence-corrected chi connectivity index (χ3v) is 10.7. The smallest absolute Gasteiger partial charge is 0.243 e. The zero-order valence-corrected chi connectivity index (χ0v) is 21.2. The highest BCUT2D eigenvalue weighted by molar-refractivity contribution is 7.89. The maximum atomic E-state index is 14.1. The highest BCUT2D eigenvalue weighted by Gasteiger charge is 2.57. The van der Waals surface area contributed by atoms with Crippen molar-refractivity contribution < 1.29 is 22.7 Å². The second-order valence-electron chi connectivity index (χ2n) is 11.1. The Balaban J connectivity index is 1.34. The van der Waals surface area contributed by atoms with E-state index in [0.29, 0.717) is 32.2 Å². The third-order valence-electron chi connectivity index (χ3n) is 9.14. The fourth-order valence-electron chi connectivity index (χ4n) is 6.68. The number of aromatic hydroxyl groups is 1. The minimum Gasteiger partial charge on any atom is -0.508 e.